The quantitative estimate of drug-likeness (QED) is 0.257. The first-order valence-corrected chi connectivity index (χ1v) is 10.9. The van der Waals surface area contributed by atoms with Crippen LogP contribution in [0.25, 0.3) is 0 Å². The topological polar surface area (TPSA) is 109 Å². The maximum Gasteiger partial charge on any atom is 0.276 e. The molecule has 1 aromatic heterocycles. The standard InChI is InChI=1S/C26H24N4O5/c1-17-5-4-6-22(11-17)35-23-14-20(13-21(15-23)30(32)33)27-26(31)24-9-10-29(28-24)16-34-25-12-18(2)7-8-19(25)3/h4-15H,16H2,1-3H3,(H,27,31). The van der Waals surface area contributed by atoms with Crippen LogP contribution in [0, 0.1) is 30.9 Å². The van der Waals surface area contributed by atoms with Gasteiger partial charge in [0.05, 0.1) is 16.7 Å². The minimum Gasteiger partial charge on any atom is -0.471 e. The summed E-state index contributed by atoms with van der Waals surface area (Å²) in [6.45, 7) is 5.97. The number of nitrogens with zero attached hydrogens (tertiary/aromatic N) is 3. The molecule has 0 saturated heterocycles. The molecule has 0 atom stereocenters. The molecule has 9 heteroatoms. The van der Waals surface area contributed by atoms with E-state index in [0.717, 1.165) is 22.4 Å². The molecule has 9 nitrogen and oxygen atoms in total. The average molecular weight is 473 g/mol. The van der Waals surface area contributed by atoms with E-state index in [1.54, 1.807) is 18.3 Å². The smallest absolute Gasteiger partial charge is 0.276 e. The zero-order chi connectivity index (χ0) is 24.9. The summed E-state index contributed by atoms with van der Waals surface area (Å²) < 4.78 is 13.1. The van der Waals surface area contributed by atoms with Crippen LogP contribution in [0.3, 0.4) is 0 Å². The number of nitro benzene ring substituents is 1. The summed E-state index contributed by atoms with van der Waals surface area (Å²) in [6, 6.07) is 18.8. The van der Waals surface area contributed by atoms with Crippen molar-refractivity contribution in [2.45, 2.75) is 27.5 Å². The van der Waals surface area contributed by atoms with Gasteiger partial charge in [0.25, 0.3) is 11.6 Å². The number of ether oxygens (including phenoxy) is 2. The molecule has 0 spiro atoms. The fraction of sp³-hybridized carbons (Fsp3) is 0.154. The lowest BCUT2D eigenvalue weighted by Crippen LogP contribution is -2.14. The first kappa shape index (κ1) is 23.5. The Kier molecular flexibility index (Phi) is 6.77. The number of hydrogen-bond donors (Lipinski definition) is 1. The molecule has 0 bridgehead atoms. The molecule has 1 N–H and O–H groups in total. The number of hydrogen-bond acceptors (Lipinski definition) is 6. The number of carbonyl (C=O) groups excluding carboxylic acids is 1. The van der Waals surface area contributed by atoms with Gasteiger partial charge in [0.1, 0.15) is 17.2 Å². The molecule has 0 unspecified atom stereocenters. The van der Waals surface area contributed by atoms with E-state index in [-0.39, 0.29) is 29.5 Å². The highest BCUT2D eigenvalue weighted by atomic mass is 16.6. The second kappa shape index (κ2) is 10.1. The maximum atomic E-state index is 12.8. The predicted octanol–water partition coefficient (Wildman–Crippen LogP) is 5.80. The van der Waals surface area contributed by atoms with Crippen LogP contribution in [0.2, 0.25) is 0 Å². The van der Waals surface area contributed by atoms with Crippen LogP contribution in [0.1, 0.15) is 27.2 Å². The van der Waals surface area contributed by atoms with E-state index in [0.29, 0.717) is 5.75 Å². The third-order valence-corrected chi connectivity index (χ3v) is 5.15. The van der Waals surface area contributed by atoms with Crippen molar-refractivity contribution in [1.82, 2.24) is 9.78 Å². The number of non-ortho nitro benzene ring substituents is 1. The molecular formula is C26H24N4O5. The summed E-state index contributed by atoms with van der Waals surface area (Å²) in [7, 11) is 0. The number of aryl methyl sites for hydroxylation is 3. The van der Waals surface area contributed by atoms with Gasteiger partial charge in [0, 0.05) is 18.3 Å². The Labute approximate surface area is 202 Å². The summed E-state index contributed by atoms with van der Waals surface area (Å²) in [5.74, 6) is 0.986. The highest BCUT2D eigenvalue weighted by Gasteiger charge is 2.16. The maximum absolute atomic E-state index is 12.8. The van der Waals surface area contributed by atoms with Gasteiger partial charge in [0.15, 0.2) is 12.4 Å². The highest BCUT2D eigenvalue weighted by molar-refractivity contribution is 6.03. The molecule has 4 aromatic rings. The third-order valence-electron chi connectivity index (χ3n) is 5.15. The van der Waals surface area contributed by atoms with E-state index in [4.69, 9.17) is 9.47 Å². The molecule has 0 fully saturated rings. The number of anilines is 1. The number of rotatable bonds is 8. The van der Waals surface area contributed by atoms with E-state index in [1.807, 2.05) is 57.2 Å². The molecule has 0 aliphatic rings. The van der Waals surface area contributed by atoms with Crippen molar-refractivity contribution in [3.05, 3.63) is 105 Å². The Morgan fingerprint density at radius 1 is 1.00 bits per heavy atom. The molecule has 3 aromatic carbocycles. The number of amides is 1. The molecular weight excluding hydrogens is 448 g/mol. The van der Waals surface area contributed by atoms with Gasteiger partial charge in [-0.1, -0.05) is 24.3 Å². The van der Waals surface area contributed by atoms with Crippen molar-refractivity contribution >= 4 is 17.3 Å². The Bertz CT molecular complexity index is 1400. The van der Waals surface area contributed by atoms with Crippen LogP contribution in [0.15, 0.2) is 72.9 Å². The normalized spacial score (nSPS) is 10.6. The Hall–Kier alpha value is -4.66. The van der Waals surface area contributed by atoms with E-state index < -0.39 is 10.8 Å². The van der Waals surface area contributed by atoms with Crippen molar-refractivity contribution in [3.8, 4) is 17.2 Å². The van der Waals surface area contributed by atoms with Crippen LogP contribution < -0.4 is 14.8 Å². The highest BCUT2D eigenvalue weighted by Crippen LogP contribution is 2.30. The van der Waals surface area contributed by atoms with E-state index >= 15 is 0 Å². The average Bonchev–Trinajstić information content (AvgIpc) is 3.29. The number of carbonyl (C=O) groups is 1. The summed E-state index contributed by atoms with van der Waals surface area (Å²) in [4.78, 5) is 23.6. The lowest BCUT2D eigenvalue weighted by atomic mass is 10.1. The molecule has 35 heavy (non-hydrogen) atoms. The number of nitro groups is 1. The minimum atomic E-state index is -0.544. The zero-order valence-corrected chi connectivity index (χ0v) is 19.5. The second-order valence-electron chi connectivity index (χ2n) is 8.13. The molecule has 1 amide bonds. The largest absolute Gasteiger partial charge is 0.471 e. The fourth-order valence-corrected chi connectivity index (χ4v) is 3.38. The summed E-state index contributed by atoms with van der Waals surface area (Å²) in [5.41, 5.74) is 3.20. The lowest BCUT2D eigenvalue weighted by Gasteiger charge is -2.10. The molecule has 178 valence electrons. The lowest BCUT2D eigenvalue weighted by molar-refractivity contribution is -0.384. The molecule has 0 aliphatic carbocycles. The first-order valence-electron chi connectivity index (χ1n) is 10.9. The van der Waals surface area contributed by atoms with E-state index in [2.05, 4.69) is 10.4 Å². The van der Waals surface area contributed by atoms with Crippen LogP contribution in [-0.2, 0) is 6.73 Å². The minimum absolute atomic E-state index is 0.128. The van der Waals surface area contributed by atoms with E-state index in [1.165, 1.54) is 22.9 Å². The van der Waals surface area contributed by atoms with Crippen molar-refractivity contribution < 1.29 is 19.2 Å². The molecule has 0 aliphatic heterocycles. The van der Waals surface area contributed by atoms with Gasteiger partial charge < -0.3 is 14.8 Å². The van der Waals surface area contributed by atoms with Crippen molar-refractivity contribution in [3.63, 3.8) is 0 Å². The monoisotopic (exact) mass is 472 g/mol. The van der Waals surface area contributed by atoms with Crippen molar-refractivity contribution in [1.29, 1.82) is 0 Å². The summed E-state index contributed by atoms with van der Waals surface area (Å²) in [5, 5.41) is 18.3. The molecule has 0 saturated carbocycles. The van der Waals surface area contributed by atoms with Gasteiger partial charge in [-0.05, 0) is 61.7 Å². The number of aromatic nitrogens is 2. The second-order valence-corrected chi connectivity index (χ2v) is 8.13. The van der Waals surface area contributed by atoms with Gasteiger partial charge in [-0.15, -0.1) is 0 Å². The van der Waals surface area contributed by atoms with Gasteiger partial charge in [-0.3, -0.25) is 14.9 Å². The van der Waals surface area contributed by atoms with Crippen LogP contribution in [-0.4, -0.2) is 20.6 Å². The third kappa shape index (κ3) is 6.02. The van der Waals surface area contributed by atoms with Crippen molar-refractivity contribution in [2.75, 3.05) is 5.32 Å². The van der Waals surface area contributed by atoms with Gasteiger partial charge >= 0.3 is 0 Å². The Morgan fingerprint density at radius 2 is 1.80 bits per heavy atom. The molecule has 1 heterocycles. The van der Waals surface area contributed by atoms with Gasteiger partial charge in [-0.2, -0.15) is 5.10 Å². The van der Waals surface area contributed by atoms with Gasteiger partial charge in [0.2, 0.25) is 0 Å². The summed E-state index contributed by atoms with van der Waals surface area (Å²) in [6.07, 6.45) is 1.62. The van der Waals surface area contributed by atoms with Crippen molar-refractivity contribution in [2.24, 2.45) is 0 Å². The molecule has 0 radical (unpaired) electrons. The number of benzene rings is 3. The molecule has 4 rings (SSSR count). The first-order chi connectivity index (χ1) is 16.8. The van der Waals surface area contributed by atoms with Crippen LogP contribution in [0.5, 0.6) is 17.2 Å². The van der Waals surface area contributed by atoms with Crippen LogP contribution >= 0.6 is 0 Å². The fourth-order valence-electron chi connectivity index (χ4n) is 3.38. The Balaban J connectivity index is 1.47. The SMILES string of the molecule is Cc1cccc(Oc2cc(NC(=O)c3ccn(COc4cc(C)ccc4C)n3)cc([N+](=O)[O-])c2)c1. The van der Waals surface area contributed by atoms with Gasteiger partial charge in [-0.25, -0.2) is 4.68 Å². The van der Waals surface area contributed by atoms with E-state index in [9.17, 15) is 14.9 Å². The Morgan fingerprint density at radius 3 is 2.57 bits per heavy atom. The summed E-state index contributed by atoms with van der Waals surface area (Å²) >= 11 is 0. The van der Waals surface area contributed by atoms with Crippen LogP contribution in [0.4, 0.5) is 11.4 Å². The predicted molar refractivity (Wildman–Crippen MR) is 131 cm³/mol. The zero-order valence-electron chi connectivity index (χ0n) is 19.5. The number of nitrogens with one attached hydrogen (secondary N) is 1.